The van der Waals surface area contributed by atoms with E-state index in [0.717, 1.165) is 37.7 Å². The van der Waals surface area contributed by atoms with Gasteiger partial charge in [-0.15, -0.1) is 0 Å². The maximum absolute atomic E-state index is 4.77. The second-order valence-corrected chi connectivity index (χ2v) is 7.44. The van der Waals surface area contributed by atoms with E-state index >= 15 is 0 Å². The van der Waals surface area contributed by atoms with Crippen LogP contribution < -0.4 is 15.1 Å². The van der Waals surface area contributed by atoms with E-state index in [4.69, 9.17) is 4.98 Å². The highest BCUT2D eigenvalue weighted by Gasteiger charge is 2.19. The zero-order valence-electron chi connectivity index (χ0n) is 16.8. The summed E-state index contributed by atoms with van der Waals surface area (Å²) in [4.78, 5) is 14.0. The first kappa shape index (κ1) is 18.3. The summed E-state index contributed by atoms with van der Waals surface area (Å²) in [5, 5.41) is 3.40. The van der Waals surface area contributed by atoms with E-state index in [-0.39, 0.29) is 0 Å². The van der Waals surface area contributed by atoms with Gasteiger partial charge in [0.1, 0.15) is 5.82 Å². The molecular weight excluding hydrogens is 346 g/mol. The zero-order chi connectivity index (χ0) is 19.5. The summed E-state index contributed by atoms with van der Waals surface area (Å²) in [7, 11) is 0. The van der Waals surface area contributed by atoms with Crippen molar-refractivity contribution in [3.05, 3.63) is 71.4 Å². The number of piperazine rings is 1. The average molecular weight is 374 g/mol. The highest BCUT2D eigenvalue weighted by molar-refractivity contribution is 5.63. The van der Waals surface area contributed by atoms with E-state index in [1.54, 1.807) is 0 Å². The van der Waals surface area contributed by atoms with E-state index in [2.05, 4.69) is 83.3 Å². The Labute approximate surface area is 167 Å². The molecule has 0 unspecified atom stereocenters. The first-order valence-electron chi connectivity index (χ1n) is 9.83. The van der Waals surface area contributed by atoms with Crippen molar-refractivity contribution in [3.63, 3.8) is 0 Å². The first-order valence-corrected chi connectivity index (χ1v) is 9.83. The molecule has 2 aromatic carbocycles. The van der Waals surface area contributed by atoms with Gasteiger partial charge in [0.15, 0.2) is 0 Å². The minimum absolute atomic E-state index is 0.649. The minimum Gasteiger partial charge on any atom is -0.368 e. The van der Waals surface area contributed by atoms with Crippen molar-refractivity contribution in [3.8, 4) is 0 Å². The van der Waals surface area contributed by atoms with E-state index in [0.29, 0.717) is 5.95 Å². The topological polar surface area (TPSA) is 44.3 Å². The molecule has 0 atom stereocenters. The Morgan fingerprint density at radius 2 is 1.50 bits per heavy atom. The predicted octanol–water partition coefficient (Wildman–Crippen LogP) is 4.47. The summed E-state index contributed by atoms with van der Waals surface area (Å²) in [5.41, 5.74) is 6.09. The van der Waals surface area contributed by atoms with Crippen LogP contribution in [0.1, 0.15) is 16.7 Å². The molecule has 2 heterocycles. The van der Waals surface area contributed by atoms with Gasteiger partial charge in [-0.3, -0.25) is 0 Å². The lowest BCUT2D eigenvalue weighted by Crippen LogP contribution is -2.46. The van der Waals surface area contributed by atoms with Crippen molar-refractivity contribution in [1.29, 1.82) is 0 Å². The number of para-hydroxylation sites is 1. The Bertz CT molecular complexity index is 940. The normalized spacial score (nSPS) is 14.2. The number of aryl methyl sites for hydroxylation is 3. The van der Waals surface area contributed by atoms with Gasteiger partial charge < -0.3 is 15.1 Å². The van der Waals surface area contributed by atoms with Crippen LogP contribution in [0.15, 0.2) is 54.7 Å². The van der Waals surface area contributed by atoms with Crippen LogP contribution in [0.25, 0.3) is 0 Å². The Morgan fingerprint density at radius 1 is 0.821 bits per heavy atom. The quantitative estimate of drug-likeness (QED) is 0.731. The third-order valence-corrected chi connectivity index (χ3v) is 5.33. The average Bonchev–Trinajstić information content (AvgIpc) is 2.71. The van der Waals surface area contributed by atoms with Gasteiger partial charge in [0, 0.05) is 43.8 Å². The fourth-order valence-corrected chi connectivity index (χ4v) is 3.73. The lowest BCUT2D eigenvalue weighted by atomic mass is 10.1. The fraction of sp³-hybridized carbons (Fsp3) is 0.304. The Kier molecular flexibility index (Phi) is 5.15. The number of rotatable bonds is 4. The van der Waals surface area contributed by atoms with Gasteiger partial charge in [0.05, 0.1) is 0 Å². The molecule has 0 amide bonds. The van der Waals surface area contributed by atoms with Crippen LogP contribution in [-0.4, -0.2) is 36.1 Å². The van der Waals surface area contributed by atoms with Gasteiger partial charge in [0.2, 0.25) is 5.95 Å². The molecule has 0 spiro atoms. The molecule has 3 aromatic rings. The number of hydrogen-bond donors (Lipinski definition) is 1. The second-order valence-electron chi connectivity index (χ2n) is 7.44. The number of aromatic nitrogens is 2. The molecule has 1 aliphatic heterocycles. The number of hydrogen-bond acceptors (Lipinski definition) is 5. The van der Waals surface area contributed by atoms with Gasteiger partial charge >= 0.3 is 0 Å². The number of nitrogens with one attached hydrogen (secondary N) is 1. The maximum atomic E-state index is 4.77. The van der Waals surface area contributed by atoms with Crippen LogP contribution in [0.2, 0.25) is 0 Å². The predicted molar refractivity (Wildman–Crippen MR) is 117 cm³/mol. The smallest absolute Gasteiger partial charge is 0.229 e. The van der Waals surface area contributed by atoms with E-state index < -0.39 is 0 Å². The fourth-order valence-electron chi connectivity index (χ4n) is 3.73. The molecule has 5 heteroatoms. The van der Waals surface area contributed by atoms with Crippen molar-refractivity contribution in [2.45, 2.75) is 20.8 Å². The minimum atomic E-state index is 0.649. The standard InChI is InChI=1S/C23H27N5/c1-17-6-4-9-20(16-17)27-12-14-28(15-13-27)21-10-11-24-23(25-21)26-22-18(2)7-5-8-19(22)3/h4-11,16H,12-15H2,1-3H3,(H,24,25,26). The van der Waals surface area contributed by atoms with Crippen molar-refractivity contribution >= 4 is 23.1 Å². The summed E-state index contributed by atoms with van der Waals surface area (Å²) < 4.78 is 0. The summed E-state index contributed by atoms with van der Waals surface area (Å²) in [5.74, 6) is 1.63. The third-order valence-electron chi connectivity index (χ3n) is 5.33. The highest BCUT2D eigenvalue weighted by atomic mass is 15.3. The Balaban J connectivity index is 1.45. The molecule has 0 radical (unpaired) electrons. The SMILES string of the molecule is Cc1cccc(N2CCN(c3ccnc(Nc4c(C)cccc4C)n3)CC2)c1. The molecule has 1 fully saturated rings. The van der Waals surface area contributed by atoms with Crippen LogP contribution in [0.3, 0.4) is 0 Å². The van der Waals surface area contributed by atoms with Crippen LogP contribution in [0, 0.1) is 20.8 Å². The number of nitrogens with zero attached hydrogens (tertiary/aromatic N) is 4. The lowest BCUT2D eigenvalue weighted by Gasteiger charge is -2.36. The third kappa shape index (κ3) is 3.93. The van der Waals surface area contributed by atoms with Gasteiger partial charge in [-0.05, 0) is 55.7 Å². The maximum Gasteiger partial charge on any atom is 0.229 e. The molecule has 1 saturated heterocycles. The molecule has 5 nitrogen and oxygen atoms in total. The van der Waals surface area contributed by atoms with Crippen molar-refractivity contribution in [2.75, 3.05) is 41.3 Å². The molecule has 4 rings (SSSR count). The summed E-state index contributed by atoms with van der Waals surface area (Å²) >= 11 is 0. The second kappa shape index (κ2) is 7.89. The van der Waals surface area contributed by atoms with Crippen molar-refractivity contribution < 1.29 is 0 Å². The molecular formula is C23H27N5. The van der Waals surface area contributed by atoms with Gasteiger partial charge in [-0.1, -0.05) is 30.3 Å². The van der Waals surface area contributed by atoms with E-state index in [1.165, 1.54) is 22.4 Å². The molecule has 1 aliphatic rings. The van der Waals surface area contributed by atoms with Crippen molar-refractivity contribution in [2.24, 2.45) is 0 Å². The van der Waals surface area contributed by atoms with Crippen molar-refractivity contribution in [1.82, 2.24) is 9.97 Å². The summed E-state index contributed by atoms with van der Waals surface area (Å²) in [6.07, 6.45) is 1.84. The molecule has 0 saturated carbocycles. The molecule has 28 heavy (non-hydrogen) atoms. The van der Waals surface area contributed by atoms with E-state index in [9.17, 15) is 0 Å². The molecule has 1 aromatic heterocycles. The van der Waals surface area contributed by atoms with Crippen LogP contribution in [-0.2, 0) is 0 Å². The number of anilines is 4. The summed E-state index contributed by atoms with van der Waals surface area (Å²) in [6, 6.07) is 17.0. The van der Waals surface area contributed by atoms with Crippen LogP contribution in [0.4, 0.5) is 23.1 Å². The Hall–Kier alpha value is -3.08. The largest absolute Gasteiger partial charge is 0.368 e. The van der Waals surface area contributed by atoms with Crippen LogP contribution >= 0.6 is 0 Å². The Morgan fingerprint density at radius 3 is 2.21 bits per heavy atom. The molecule has 144 valence electrons. The van der Waals surface area contributed by atoms with E-state index in [1.807, 2.05) is 12.3 Å². The molecule has 1 N–H and O–H groups in total. The van der Waals surface area contributed by atoms with Gasteiger partial charge in [0.25, 0.3) is 0 Å². The lowest BCUT2D eigenvalue weighted by molar-refractivity contribution is 0.647. The molecule has 0 bridgehead atoms. The van der Waals surface area contributed by atoms with Gasteiger partial charge in [-0.2, -0.15) is 4.98 Å². The zero-order valence-corrected chi connectivity index (χ0v) is 16.8. The highest BCUT2D eigenvalue weighted by Crippen LogP contribution is 2.24. The molecule has 0 aliphatic carbocycles. The monoisotopic (exact) mass is 373 g/mol. The van der Waals surface area contributed by atoms with Crippen LogP contribution in [0.5, 0.6) is 0 Å². The first-order chi connectivity index (χ1) is 13.6. The van der Waals surface area contributed by atoms with Gasteiger partial charge in [-0.25, -0.2) is 4.98 Å². The summed E-state index contributed by atoms with van der Waals surface area (Å²) in [6.45, 7) is 10.2. The number of benzene rings is 2.